The number of ether oxygens (including phenoxy) is 2. The lowest BCUT2D eigenvalue weighted by molar-refractivity contribution is 0.354. The first-order chi connectivity index (χ1) is 14.2. The maximum Gasteiger partial charge on any atom is 0.188 e. The van der Waals surface area contributed by atoms with Crippen molar-refractivity contribution in [3.05, 3.63) is 77.6 Å². The lowest BCUT2D eigenvalue weighted by Gasteiger charge is -2.10. The van der Waals surface area contributed by atoms with E-state index in [2.05, 4.69) is 27.5 Å². The number of rotatable bonds is 9. The summed E-state index contributed by atoms with van der Waals surface area (Å²) >= 11 is 0. The van der Waals surface area contributed by atoms with E-state index in [1.807, 2.05) is 53.5 Å². The molecule has 0 unspecified atom stereocenters. The molecule has 7 nitrogen and oxygen atoms in total. The maximum atomic E-state index is 5.98. The first-order valence-corrected chi connectivity index (χ1v) is 9.48. The molecular formula is C22H28IN5O2. The lowest BCUT2D eigenvalue weighted by Crippen LogP contribution is -2.33. The van der Waals surface area contributed by atoms with Gasteiger partial charge in [-0.3, -0.25) is 4.68 Å². The average molecular weight is 521 g/mol. The molecule has 1 aromatic heterocycles. The number of hydrogen-bond acceptors (Lipinski definition) is 4. The summed E-state index contributed by atoms with van der Waals surface area (Å²) in [6.07, 6.45) is 4.61. The van der Waals surface area contributed by atoms with Crippen LogP contribution in [0.2, 0.25) is 0 Å². The van der Waals surface area contributed by atoms with Gasteiger partial charge in [0.05, 0.1) is 33.5 Å². The zero-order valence-electron chi connectivity index (χ0n) is 17.2. The third-order valence-electron chi connectivity index (χ3n) is 4.47. The van der Waals surface area contributed by atoms with E-state index < -0.39 is 0 Å². The summed E-state index contributed by atoms with van der Waals surface area (Å²) in [5.41, 5.74) is 9.34. The monoisotopic (exact) mass is 521 g/mol. The normalized spacial score (nSPS) is 10.9. The molecule has 8 heteroatoms. The number of halogens is 1. The first-order valence-electron chi connectivity index (χ1n) is 9.48. The number of hydrogen-bond donors (Lipinski definition) is 2. The summed E-state index contributed by atoms with van der Waals surface area (Å²) in [4.78, 5) is 4.39. The van der Waals surface area contributed by atoms with Crippen molar-refractivity contribution in [2.24, 2.45) is 10.7 Å². The van der Waals surface area contributed by atoms with E-state index in [1.54, 1.807) is 14.2 Å². The van der Waals surface area contributed by atoms with Gasteiger partial charge in [-0.2, -0.15) is 5.10 Å². The Morgan fingerprint density at radius 2 is 1.80 bits per heavy atom. The van der Waals surface area contributed by atoms with E-state index in [9.17, 15) is 0 Å². The molecule has 2 aromatic carbocycles. The molecule has 0 radical (unpaired) electrons. The first kappa shape index (κ1) is 23.5. The molecular weight excluding hydrogens is 493 g/mol. The summed E-state index contributed by atoms with van der Waals surface area (Å²) < 4.78 is 12.5. The molecule has 0 bridgehead atoms. The van der Waals surface area contributed by atoms with Crippen LogP contribution in [0.15, 0.2) is 65.9 Å². The Hall–Kier alpha value is -2.75. The molecule has 0 amide bonds. The van der Waals surface area contributed by atoms with E-state index in [-0.39, 0.29) is 24.0 Å². The SMILES string of the molecule is COc1ccc(CCNC(N)=NCc2cnn(Cc3ccccc3)c2)cc1OC.I. The molecule has 0 aliphatic heterocycles. The molecule has 0 aliphatic rings. The minimum atomic E-state index is 0. The number of nitrogens with zero attached hydrogens (tertiary/aromatic N) is 3. The van der Waals surface area contributed by atoms with Crippen LogP contribution in [-0.2, 0) is 19.5 Å². The van der Waals surface area contributed by atoms with E-state index in [0.717, 1.165) is 35.6 Å². The number of guanidine groups is 1. The summed E-state index contributed by atoms with van der Waals surface area (Å²) in [5, 5.41) is 7.53. The Labute approximate surface area is 194 Å². The molecule has 3 rings (SSSR count). The van der Waals surface area contributed by atoms with Gasteiger partial charge in [0.15, 0.2) is 17.5 Å². The van der Waals surface area contributed by atoms with Gasteiger partial charge < -0.3 is 20.5 Å². The van der Waals surface area contributed by atoms with Gasteiger partial charge in [-0.1, -0.05) is 36.4 Å². The average Bonchev–Trinajstić information content (AvgIpc) is 3.20. The molecule has 0 saturated heterocycles. The van der Waals surface area contributed by atoms with Crippen LogP contribution >= 0.6 is 24.0 Å². The quantitative estimate of drug-likeness (QED) is 0.257. The van der Waals surface area contributed by atoms with Crippen molar-refractivity contribution in [3.8, 4) is 11.5 Å². The van der Waals surface area contributed by atoms with Crippen molar-refractivity contribution in [1.82, 2.24) is 15.1 Å². The van der Waals surface area contributed by atoms with Crippen LogP contribution in [0.5, 0.6) is 11.5 Å². The van der Waals surface area contributed by atoms with Crippen LogP contribution < -0.4 is 20.5 Å². The Morgan fingerprint density at radius 3 is 2.53 bits per heavy atom. The highest BCUT2D eigenvalue weighted by molar-refractivity contribution is 14.0. The van der Waals surface area contributed by atoms with Crippen molar-refractivity contribution < 1.29 is 9.47 Å². The van der Waals surface area contributed by atoms with Gasteiger partial charge in [0.2, 0.25) is 0 Å². The predicted octanol–water partition coefficient (Wildman–Crippen LogP) is 3.21. The highest BCUT2D eigenvalue weighted by Crippen LogP contribution is 2.27. The molecule has 0 fully saturated rings. The molecule has 1 heterocycles. The Kier molecular flexibility index (Phi) is 9.46. The highest BCUT2D eigenvalue weighted by atomic mass is 127. The summed E-state index contributed by atoms with van der Waals surface area (Å²) in [6, 6.07) is 16.1. The van der Waals surface area contributed by atoms with E-state index in [4.69, 9.17) is 15.2 Å². The number of nitrogens with two attached hydrogens (primary N) is 1. The third kappa shape index (κ3) is 6.94. The molecule has 0 spiro atoms. The maximum absolute atomic E-state index is 5.98. The zero-order valence-corrected chi connectivity index (χ0v) is 19.6. The van der Waals surface area contributed by atoms with E-state index in [0.29, 0.717) is 19.0 Å². The van der Waals surface area contributed by atoms with Gasteiger partial charge in [-0.25, -0.2) is 4.99 Å². The number of aliphatic imine (C=N–C) groups is 1. The van der Waals surface area contributed by atoms with Crippen LogP contribution in [0, 0.1) is 0 Å². The Morgan fingerprint density at radius 1 is 1.03 bits per heavy atom. The highest BCUT2D eigenvalue weighted by Gasteiger charge is 2.05. The van der Waals surface area contributed by atoms with Gasteiger partial charge in [0, 0.05) is 18.3 Å². The minimum Gasteiger partial charge on any atom is -0.493 e. The Bertz CT molecular complexity index is 944. The second kappa shape index (κ2) is 12.1. The van der Waals surface area contributed by atoms with Crippen molar-refractivity contribution >= 4 is 29.9 Å². The standard InChI is InChI=1S/C22H27N5O2.HI/c1-28-20-9-8-17(12-21(20)29-2)10-11-24-22(23)25-13-19-14-26-27(16-19)15-18-6-4-3-5-7-18;/h3-9,12,14,16H,10-11,13,15H2,1-2H3,(H3,23,24,25);1H. The minimum absolute atomic E-state index is 0. The predicted molar refractivity (Wildman–Crippen MR) is 130 cm³/mol. The molecule has 0 aliphatic carbocycles. The number of nitrogens with one attached hydrogen (secondary N) is 1. The van der Waals surface area contributed by atoms with Crippen molar-refractivity contribution in [2.75, 3.05) is 20.8 Å². The van der Waals surface area contributed by atoms with Crippen molar-refractivity contribution in [3.63, 3.8) is 0 Å². The number of methoxy groups -OCH3 is 2. The van der Waals surface area contributed by atoms with Crippen LogP contribution in [-0.4, -0.2) is 36.5 Å². The van der Waals surface area contributed by atoms with Crippen LogP contribution in [0.25, 0.3) is 0 Å². The van der Waals surface area contributed by atoms with Crippen molar-refractivity contribution in [2.45, 2.75) is 19.5 Å². The lowest BCUT2D eigenvalue weighted by atomic mass is 10.1. The summed E-state index contributed by atoms with van der Waals surface area (Å²) in [5.74, 6) is 1.86. The molecule has 0 saturated carbocycles. The van der Waals surface area contributed by atoms with Gasteiger partial charge in [0.1, 0.15) is 0 Å². The summed E-state index contributed by atoms with van der Waals surface area (Å²) in [6.45, 7) is 1.91. The van der Waals surface area contributed by atoms with E-state index in [1.165, 1.54) is 5.56 Å². The number of aromatic nitrogens is 2. The van der Waals surface area contributed by atoms with Crippen LogP contribution in [0.1, 0.15) is 16.7 Å². The third-order valence-corrected chi connectivity index (χ3v) is 4.47. The second-order valence-electron chi connectivity index (χ2n) is 6.60. The van der Waals surface area contributed by atoms with Crippen molar-refractivity contribution in [1.29, 1.82) is 0 Å². The van der Waals surface area contributed by atoms with Gasteiger partial charge in [0.25, 0.3) is 0 Å². The van der Waals surface area contributed by atoms with Gasteiger partial charge >= 0.3 is 0 Å². The Balaban J connectivity index is 0.00000320. The zero-order chi connectivity index (χ0) is 20.5. The smallest absolute Gasteiger partial charge is 0.188 e. The molecule has 0 atom stereocenters. The summed E-state index contributed by atoms with van der Waals surface area (Å²) in [7, 11) is 3.26. The fourth-order valence-corrected chi connectivity index (χ4v) is 2.95. The number of benzene rings is 2. The van der Waals surface area contributed by atoms with Gasteiger partial charge in [-0.15, -0.1) is 24.0 Å². The van der Waals surface area contributed by atoms with Crippen LogP contribution in [0.4, 0.5) is 0 Å². The fourth-order valence-electron chi connectivity index (χ4n) is 2.95. The molecule has 3 N–H and O–H groups in total. The molecule has 30 heavy (non-hydrogen) atoms. The molecule has 3 aromatic rings. The van der Waals surface area contributed by atoms with E-state index >= 15 is 0 Å². The fraction of sp³-hybridized carbons (Fsp3) is 0.273. The molecule has 160 valence electrons. The van der Waals surface area contributed by atoms with Gasteiger partial charge in [-0.05, 0) is 29.7 Å². The largest absolute Gasteiger partial charge is 0.493 e. The second-order valence-corrected chi connectivity index (χ2v) is 6.60. The topological polar surface area (TPSA) is 86.7 Å². The van der Waals surface area contributed by atoms with Crippen LogP contribution in [0.3, 0.4) is 0 Å².